The first-order valence-corrected chi connectivity index (χ1v) is 6.33. The van der Waals surface area contributed by atoms with E-state index in [1.807, 2.05) is 0 Å². The molecule has 2 N–H and O–H groups in total. The van der Waals surface area contributed by atoms with Gasteiger partial charge in [-0.2, -0.15) is 4.98 Å². The van der Waals surface area contributed by atoms with E-state index in [1.165, 1.54) is 24.1 Å². The minimum atomic E-state index is -0.442. The van der Waals surface area contributed by atoms with Gasteiger partial charge in [-0.3, -0.25) is 19.3 Å². The van der Waals surface area contributed by atoms with E-state index in [2.05, 4.69) is 30.7 Å². The third kappa shape index (κ3) is 2.73. The van der Waals surface area contributed by atoms with E-state index in [4.69, 9.17) is 0 Å². The molecular weight excluding hydrogens is 286 g/mol. The maximum absolute atomic E-state index is 12.1. The van der Waals surface area contributed by atoms with Crippen LogP contribution >= 0.6 is 0 Å². The topological polar surface area (TPSA) is 118 Å². The largest absolute Gasteiger partial charge is 0.319 e. The minimum absolute atomic E-state index is 0.0355. The molecule has 3 rings (SSSR count). The molecule has 9 heteroatoms. The molecule has 9 nitrogen and oxygen atoms in total. The van der Waals surface area contributed by atoms with Gasteiger partial charge >= 0.3 is 0 Å². The van der Waals surface area contributed by atoms with Crippen LogP contribution in [0.5, 0.6) is 0 Å². The molecule has 0 unspecified atom stereocenters. The highest BCUT2D eigenvalue weighted by Crippen LogP contribution is 2.11. The second-order valence-corrected chi connectivity index (χ2v) is 4.44. The van der Waals surface area contributed by atoms with Crippen molar-refractivity contribution in [1.29, 1.82) is 0 Å². The van der Waals surface area contributed by atoms with Crippen LogP contribution in [0.25, 0.3) is 5.95 Å². The summed E-state index contributed by atoms with van der Waals surface area (Å²) in [5, 5.41) is 16.4. The molecule has 0 aliphatic rings. The van der Waals surface area contributed by atoms with Crippen molar-refractivity contribution >= 4 is 17.4 Å². The lowest BCUT2D eigenvalue weighted by Crippen LogP contribution is -2.14. The second-order valence-electron chi connectivity index (χ2n) is 4.44. The number of aromatic amines is 1. The van der Waals surface area contributed by atoms with Crippen molar-refractivity contribution in [2.24, 2.45) is 0 Å². The van der Waals surface area contributed by atoms with E-state index in [0.717, 1.165) is 0 Å². The van der Waals surface area contributed by atoms with Crippen molar-refractivity contribution in [3.8, 4) is 5.95 Å². The SMILES string of the molecule is CC(=O)c1ccc(NC(=O)c2nc(-n3cnnc3)n[nH]2)cc1. The van der Waals surface area contributed by atoms with Gasteiger partial charge in [-0.05, 0) is 31.2 Å². The normalized spacial score (nSPS) is 10.4. The van der Waals surface area contributed by atoms with Gasteiger partial charge in [0.25, 0.3) is 11.9 Å². The van der Waals surface area contributed by atoms with Crippen LogP contribution in [0.4, 0.5) is 5.69 Å². The molecule has 0 aliphatic carbocycles. The van der Waals surface area contributed by atoms with Gasteiger partial charge in [0.05, 0.1) is 0 Å². The summed E-state index contributed by atoms with van der Waals surface area (Å²) in [4.78, 5) is 27.3. The number of ketones is 1. The number of amides is 1. The van der Waals surface area contributed by atoms with E-state index in [-0.39, 0.29) is 17.6 Å². The fourth-order valence-electron chi connectivity index (χ4n) is 1.75. The molecule has 2 heterocycles. The van der Waals surface area contributed by atoms with Crippen molar-refractivity contribution in [3.05, 3.63) is 48.3 Å². The van der Waals surface area contributed by atoms with E-state index in [1.54, 1.807) is 24.3 Å². The number of rotatable bonds is 4. The molecule has 0 aliphatic heterocycles. The first-order valence-electron chi connectivity index (χ1n) is 6.33. The lowest BCUT2D eigenvalue weighted by atomic mass is 10.1. The van der Waals surface area contributed by atoms with Crippen LogP contribution in [0, 0.1) is 0 Å². The van der Waals surface area contributed by atoms with Gasteiger partial charge in [0.1, 0.15) is 12.7 Å². The zero-order chi connectivity index (χ0) is 15.5. The second kappa shape index (κ2) is 5.56. The van der Waals surface area contributed by atoms with Crippen LogP contribution in [0.3, 0.4) is 0 Å². The number of nitrogens with zero attached hydrogens (tertiary/aromatic N) is 5. The van der Waals surface area contributed by atoms with Gasteiger partial charge in [0.2, 0.25) is 5.82 Å². The highest BCUT2D eigenvalue weighted by atomic mass is 16.2. The summed E-state index contributed by atoms with van der Waals surface area (Å²) in [6, 6.07) is 6.57. The number of hydrogen-bond acceptors (Lipinski definition) is 6. The molecule has 110 valence electrons. The van der Waals surface area contributed by atoms with E-state index < -0.39 is 5.91 Å². The van der Waals surface area contributed by atoms with Crippen LogP contribution in [0.15, 0.2) is 36.9 Å². The Morgan fingerprint density at radius 2 is 1.82 bits per heavy atom. The average Bonchev–Trinajstić information content (AvgIpc) is 3.19. The Morgan fingerprint density at radius 3 is 2.45 bits per heavy atom. The molecular formula is C13H11N7O2. The number of nitrogens with one attached hydrogen (secondary N) is 2. The summed E-state index contributed by atoms with van der Waals surface area (Å²) in [6.45, 7) is 1.48. The molecule has 0 saturated carbocycles. The summed E-state index contributed by atoms with van der Waals surface area (Å²) in [5.74, 6) is -0.157. The lowest BCUT2D eigenvalue weighted by molar-refractivity contribution is 0.101. The number of H-pyrrole nitrogens is 1. The summed E-state index contributed by atoms with van der Waals surface area (Å²) < 4.78 is 1.47. The Bertz CT molecular complexity index is 805. The summed E-state index contributed by atoms with van der Waals surface area (Å²) in [5.41, 5.74) is 1.13. The molecule has 3 aromatic rings. The number of Topliss-reactive ketones (excluding diaryl/α,β-unsaturated/α-hetero) is 1. The maximum Gasteiger partial charge on any atom is 0.293 e. The van der Waals surface area contributed by atoms with Crippen LogP contribution in [0.2, 0.25) is 0 Å². The van der Waals surface area contributed by atoms with Gasteiger partial charge in [-0.1, -0.05) is 0 Å². The third-order valence-electron chi connectivity index (χ3n) is 2.89. The standard InChI is InChI=1S/C13H11N7O2/c1-8(21)9-2-4-10(5-3-9)16-12(22)11-17-13(19-18-11)20-6-14-15-7-20/h2-7H,1H3,(H,16,22)(H,17,18,19). The first-order chi connectivity index (χ1) is 10.6. The quantitative estimate of drug-likeness (QED) is 0.689. The van der Waals surface area contributed by atoms with Crippen molar-refractivity contribution in [2.75, 3.05) is 5.32 Å². The monoisotopic (exact) mass is 297 g/mol. The third-order valence-corrected chi connectivity index (χ3v) is 2.89. The number of hydrogen-bond donors (Lipinski definition) is 2. The van der Waals surface area contributed by atoms with Crippen LogP contribution in [-0.2, 0) is 0 Å². The maximum atomic E-state index is 12.1. The zero-order valence-corrected chi connectivity index (χ0v) is 11.5. The van der Waals surface area contributed by atoms with Gasteiger partial charge in [0.15, 0.2) is 5.78 Å². The molecule has 0 bridgehead atoms. The zero-order valence-electron chi connectivity index (χ0n) is 11.5. The fraction of sp³-hybridized carbons (Fsp3) is 0.0769. The van der Waals surface area contributed by atoms with Crippen LogP contribution in [0.1, 0.15) is 27.9 Å². The molecule has 22 heavy (non-hydrogen) atoms. The van der Waals surface area contributed by atoms with Crippen molar-refractivity contribution in [1.82, 2.24) is 29.9 Å². The Kier molecular flexibility index (Phi) is 3.44. The fourth-order valence-corrected chi connectivity index (χ4v) is 1.75. The predicted octanol–water partition coefficient (Wildman–Crippen LogP) is 0.840. The van der Waals surface area contributed by atoms with Gasteiger partial charge in [-0.25, -0.2) is 0 Å². The Morgan fingerprint density at radius 1 is 1.14 bits per heavy atom. The van der Waals surface area contributed by atoms with E-state index >= 15 is 0 Å². The summed E-state index contributed by atoms with van der Waals surface area (Å²) in [6.07, 6.45) is 2.84. The Labute approximate surface area is 124 Å². The van der Waals surface area contributed by atoms with E-state index in [0.29, 0.717) is 11.3 Å². The molecule has 0 spiro atoms. The Hall–Kier alpha value is -3.36. The molecule has 2 aromatic heterocycles. The van der Waals surface area contributed by atoms with Crippen molar-refractivity contribution < 1.29 is 9.59 Å². The first kappa shape index (κ1) is 13.6. The van der Waals surface area contributed by atoms with Gasteiger partial charge in [-0.15, -0.1) is 15.3 Å². The van der Waals surface area contributed by atoms with Crippen molar-refractivity contribution in [3.63, 3.8) is 0 Å². The highest BCUT2D eigenvalue weighted by Gasteiger charge is 2.13. The number of aromatic nitrogens is 6. The predicted molar refractivity (Wildman–Crippen MR) is 75.7 cm³/mol. The lowest BCUT2D eigenvalue weighted by Gasteiger charge is -2.03. The number of benzene rings is 1. The number of anilines is 1. The van der Waals surface area contributed by atoms with Crippen LogP contribution < -0.4 is 5.32 Å². The summed E-state index contributed by atoms with van der Waals surface area (Å²) >= 11 is 0. The smallest absolute Gasteiger partial charge is 0.293 e. The average molecular weight is 297 g/mol. The van der Waals surface area contributed by atoms with Gasteiger partial charge in [0, 0.05) is 11.3 Å². The molecule has 0 saturated heterocycles. The van der Waals surface area contributed by atoms with Gasteiger partial charge < -0.3 is 5.32 Å². The van der Waals surface area contributed by atoms with Crippen LogP contribution in [-0.4, -0.2) is 41.6 Å². The minimum Gasteiger partial charge on any atom is -0.319 e. The van der Waals surface area contributed by atoms with E-state index in [9.17, 15) is 9.59 Å². The summed E-state index contributed by atoms with van der Waals surface area (Å²) in [7, 11) is 0. The molecule has 0 radical (unpaired) electrons. The molecule has 1 amide bonds. The molecule has 0 fully saturated rings. The number of carbonyl (C=O) groups excluding carboxylic acids is 2. The molecule has 0 atom stereocenters. The van der Waals surface area contributed by atoms with Crippen molar-refractivity contribution in [2.45, 2.75) is 6.92 Å². The molecule has 1 aromatic carbocycles. The number of carbonyl (C=O) groups is 2. The highest BCUT2D eigenvalue weighted by molar-refractivity contribution is 6.02. The Balaban J connectivity index is 1.73.